The van der Waals surface area contributed by atoms with E-state index in [-0.39, 0.29) is 32.5 Å². The summed E-state index contributed by atoms with van der Waals surface area (Å²) in [5.74, 6) is -2.09. The van der Waals surface area contributed by atoms with Gasteiger partial charge in [-0.25, -0.2) is 0 Å². The molecule has 0 aliphatic carbocycles. The van der Waals surface area contributed by atoms with Crippen LogP contribution < -0.4 is 0 Å². The molecule has 0 aromatic carbocycles. The molecule has 0 aromatic heterocycles. The fraction of sp³-hybridized carbons (Fsp3) is 0.667. The van der Waals surface area contributed by atoms with Gasteiger partial charge in [-0.3, -0.25) is 14.4 Å². The first-order valence-corrected chi connectivity index (χ1v) is 4.59. The zero-order chi connectivity index (χ0) is 11.7. The third-order valence-corrected chi connectivity index (χ3v) is 1.42. The van der Waals surface area contributed by atoms with Gasteiger partial charge in [0.1, 0.15) is 6.61 Å². The molecule has 0 atom stereocenters. The molecule has 86 valence electrons. The number of rotatable bonds is 7. The number of ether oxygens (including phenoxy) is 2. The van der Waals surface area contributed by atoms with Crippen molar-refractivity contribution in [3.8, 4) is 0 Å². The van der Waals surface area contributed by atoms with Crippen molar-refractivity contribution in [2.24, 2.45) is 0 Å². The van der Waals surface area contributed by atoms with Gasteiger partial charge in [0.2, 0.25) is 0 Å². The molecule has 0 heterocycles. The van der Waals surface area contributed by atoms with Crippen LogP contribution in [0.15, 0.2) is 0 Å². The summed E-state index contributed by atoms with van der Waals surface area (Å²) in [6.45, 7) is 1.77. The normalized spacial score (nSPS) is 9.40. The molecule has 6 heteroatoms. The van der Waals surface area contributed by atoms with Crippen molar-refractivity contribution in [3.63, 3.8) is 0 Å². The monoisotopic (exact) mass is 218 g/mol. The molecule has 0 bridgehead atoms. The van der Waals surface area contributed by atoms with E-state index in [1.807, 2.05) is 0 Å². The quantitative estimate of drug-likeness (QED) is 0.620. The van der Waals surface area contributed by atoms with Gasteiger partial charge in [0.25, 0.3) is 0 Å². The molecular weight excluding hydrogens is 204 g/mol. The molecule has 15 heavy (non-hydrogen) atoms. The van der Waals surface area contributed by atoms with Crippen molar-refractivity contribution in [1.29, 1.82) is 0 Å². The molecule has 0 unspecified atom stereocenters. The Morgan fingerprint density at radius 2 is 1.53 bits per heavy atom. The maximum absolute atomic E-state index is 10.9. The van der Waals surface area contributed by atoms with Crippen molar-refractivity contribution in [3.05, 3.63) is 0 Å². The summed E-state index contributed by atoms with van der Waals surface area (Å²) >= 11 is 0. The summed E-state index contributed by atoms with van der Waals surface area (Å²) in [6.07, 6.45) is -0.358. The first-order chi connectivity index (χ1) is 7.06. The van der Waals surface area contributed by atoms with Gasteiger partial charge >= 0.3 is 17.9 Å². The summed E-state index contributed by atoms with van der Waals surface area (Å²) in [4.78, 5) is 31.8. The maximum Gasteiger partial charge on any atom is 0.306 e. The van der Waals surface area contributed by atoms with Gasteiger partial charge in [0.05, 0.1) is 25.9 Å². The van der Waals surface area contributed by atoms with Gasteiger partial charge in [-0.1, -0.05) is 0 Å². The fourth-order valence-corrected chi connectivity index (χ4v) is 0.762. The van der Waals surface area contributed by atoms with E-state index < -0.39 is 17.9 Å². The van der Waals surface area contributed by atoms with Crippen LogP contribution in [0, 0.1) is 0 Å². The van der Waals surface area contributed by atoms with Gasteiger partial charge < -0.3 is 14.6 Å². The van der Waals surface area contributed by atoms with Crippen molar-refractivity contribution in [2.75, 3.05) is 13.2 Å². The van der Waals surface area contributed by atoms with Crippen LogP contribution >= 0.6 is 0 Å². The molecule has 0 saturated carbocycles. The van der Waals surface area contributed by atoms with E-state index in [9.17, 15) is 14.4 Å². The number of carbonyl (C=O) groups is 3. The Bertz CT molecular complexity index is 235. The third-order valence-electron chi connectivity index (χ3n) is 1.42. The Morgan fingerprint density at radius 3 is 2.00 bits per heavy atom. The smallest absolute Gasteiger partial charge is 0.306 e. The van der Waals surface area contributed by atoms with Crippen LogP contribution in [-0.2, 0) is 23.9 Å². The topological polar surface area (TPSA) is 89.9 Å². The minimum atomic E-state index is -1.03. The first-order valence-electron chi connectivity index (χ1n) is 4.59. The largest absolute Gasteiger partial charge is 0.481 e. The van der Waals surface area contributed by atoms with Crippen LogP contribution in [0.2, 0.25) is 0 Å². The average molecular weight is 218 g/mol. The second-order valence-corrected chi connectivity index (χ2v) is 2.67. The Hall–Kier alpha value is -1.59. The van der Waals surface area contributed by atoms with E-state index in [0.29, 0.717) is 0 Å². The number of carboxylic acids is 1. The van der Waals surface area contributed by atoms with E-state index in [2.05, 4.69) is 9.47 Å². The minimum absolute atomic E-state index is 0.0419. The Kier molecular flexibility index (Phi) is 6.96. The molecule has 0 rings (SSSR count). The standard InChI is InChI=1S/C9H14O6/c1-2-14-8(12)3-4-9(13)15-6-5-7(10)11/h2-6H2,1H3,(H,10,11). The molecule has 0 aliphatic rings. The molecule has 0 aliphatic heterocycles. The number of carbonyl (C=O) groups excluding carboxylic acids is 2. The van der Waals surface area contributed by atoms with E-state index >= 15 is 0 Å². The van der Waals surface area contributed by atoms with Crippen molar-refractivity contribution in [2.45, 2.75) is 26.2 Å². The highest BCUT2D eigenvalue weighted by Gasteiger charge is 2.08. The molecule has 6 nitrogen and oxygen atoms in total. The second kappa shape index (κ2) is 7.78. The molecule has 0 aromatic rings. The number of hydrogen-bond acceptors (Lipinski definition) is 5. The lowest BCUT2D eigenvalue weighted by Gasteiger charge is -2.02. The molecule has 0 spiro atoms. The molecular formula is C9H14O6. The summed E-state index contributed by atoms with van der Waals surface area (Å²) in [5, 5.41) is 8.25. The van der Waals surface area contributed by atoms with Gasteiger partial charge in [-0.05, 0) is 6.92 Å². The summed E-state index contributed by atoms with van der Waals surface area (Å²) in [6, 6.07) is 0. The first kappa shape index (κ1) is 13.4. The van der Waals surface area contributed by atoms with Crippen LogP contribution in [-0.4, -0.2) is 36.2 Å². The Balaban J connectivity index is 3.49. The van der Waals surface area contributed by atoms with E-state index in [4.69, 9.17) is 5.11 Å². The van der Waals surface area contributed by atoms with Crippen LogP contribution in [0.3, 0.4) is 0 Å². The van der Waals surface area contributed by atoms with Gasteiger partial charge in [0, 0.05) is 0 Å². The lowest BCUT2D eigenvalue weighted by atomic mass is 10.3. The fourth-order valence-electron chi connectivity index (χ4n) is 0.762. The summed E-state index contributed by atoms with van der Waals surface area (Å²) in [5.41, 5.74) is 0. The Labute approximate surface area is 87.2 Å². The predicted octanol–water partition coefficient (Wildman–Crippen LogP) is 0.348. The SMILES string of the molecule is CCOC(=O)CCC(=O)OCCC(=O)O. The lowest BCUT2D eigenvalue weighted by Crippen LogP contribution is -2.12. The Morgan fingerprint density at radius 1 is 1.00 bits per heavy atom. The van der Waals surface area contributed by atoms with Crippen molar-refractivity contribution >= 4 is 17.9 Å². The van der Waals surface area contributed by atoms with Gasteiger partial charge in [0.15, 0.2) is 0 Å². The van der Waals surface area contributed by atoms with E-state index in [0.717, 1.165) is 0 Å². The highest BCUT2D eigenvalue weighted by Crippen LogP contribution is 1.96. The average Bonchev–Trinajstić information content (AvgIpc) is 2.14. The number of esters is 2. The number of carboxylic acid groups (broad SMARTS) is 1. The van der Waals surface area contributed by atoms with Gasteiger partial charge in [-0.2, -0.15) is 0 Å². The number of aliphatic carboxylic acids is 1. The van der Waals surface area contributed by atoms with Crippen LogP contribution in [0.1, 0.15) is 26.2 Å². The zero-order valence-electron chi connectivity index (χ0n) is 8.52. The minimum Gasteiger partial charge on any atom is -0.481 e. The number of hydrogen-bond donors (Lipinski definition) is 1. The maximum atomic E-state index is 10.9. The molecule has 1 N–H and O–H groups in total. The molecule has 0 fully saturated rings. The van der Waals surface area contributed by atoms with Crippen LogP contribution in [0.25, 0.3) is 0 Å². The zero-order valence-corrected chi connectivity index (χ0v) is 8.52. The predicted molar refractivity (Wildman–Crippen MR) is 49.1 cm³/mol. The molecule has 0 radical (unpaired) electrons. The third kappa shape index (κ3) is 8.73. The molecule has 0 amide bonds. The van der Waals surface area contributed by atoms with Crippen LogP contribution in [0.4, 0.5) is 0 Å². The summed E-state index contributed by atoms with van der Waals surface area (Å²) < 4.78 is 9.15. The van der Waals surface area contributed by atoms with E-state index in [1.165, 1.54) is 0 Å². The highest BCUT2D eigenvalue weighted by atomic mass is 16.5. The summed E-state index contributed by atoms with van der Waals surface area (Å²) in [7, 11) is 0. The second-order valence-electron chi connectivity index (χ2n) is 2.67. The van der Waals surface area contributed by atoms with Gasteiger partial charge in [-0.15, -0.1) is 0 Å². The van der Waals surface area contributed by atoms with Crippen molar-refractivity contribution < 1.29 is 29.0 Å². The lowest BCUT2D eigenvalue weighted by molar-refractivity contribution is -0.151. The van der Waals surface area contributed by atoms with Crippen molar-refractivity contribution in [1.82, 2.24) is 0 Å². The van der Waals surface area contributed by atoms with E-state index in [1.54, 1.807) is 6.92 Å². The van der Waals surface area contributed by atoms with Crippen LogP contribution in [0.5, 0.6) is 0 Å². The highest BCUT2D eigenvalue weighted by molar-refractivity contribution is 5.77. The molecule has 0 saturated heterocycles.